The molecule has 0 amide bonds. The van der Waals surface area contributed by atoms with Crippen LogP contribution >= 0.6 is 0 Å². The fourth-order valence-electron chi connectivity index (χ4n) is 1.60. The number of aromatic amines is 1. The van der Waals surface area contributed by atoms with E-state index in [4.69, 9.17) is 10.5 Å². The van der Waals surface area contributed by atoms with Crippen molar-refractivity contribution >= 4 is 5.82 Å². The molecule has 1 saturated heterocycles. The number of nitrogens with two attached hydrogens (primary N) is 1. The third-order valence-corrected chi connectivity index (χ3v) is 2.43. The topological polar surface area (TPSA) is 84.2 Å². The minimum Gasteiger partial charge on any atom is -0.388 e. The lowest BCUT2D eigenvalue weighted by molar-refractivity contribution is 0.0924. The van der Waals surface area contributed by atoms with Crippen molar-refractivity contribution in [2.45, 2.75) is 12.5 Å². The molecule has 1 aromatic rings. The highest BCUT2D eigenvalue weighted by molar-refractivity contribution is 5.38. The van der Waals surface area contributed by atoms with Crippen LogP contribution in [-0.4, -0.2) is 28.5 Å². The molecule has 2 unspecified atom stereocenters. The SMILES string of the molecule is Nc1[nH]ncc1C(O)C1CCOC1. The molecular weight excluding hydrogens is 170 g/mol. The highest BCUT2D eigenvalue weighted by Crippen LogP contribution is 2.30. The first-order valence-electron chi connectivity index (χ1n) is 4.33. The van der Waals surface area contributed by atoms with E-state index in [0.29, 0.717) is 18.0 Å². The van der Waals surface area contributed by atoms with Crippen molar-refractivity contribution < 1.29 is 9.84 Å². The van der Waals surface area contributed by atoms with Crippen molar-refractivity contribution in [3.63, 3.8) is 0 Å². The van der Waals surface area contributed by atoms with Crippen molar-refractivity contribution in [1.82, 2.24) is 10.2 Å². The Hall–Kier alpha value is -1.07. The monoisotopic (exact) mass is 183 g/mol. The van der Waals surface area contributed by atoms with E-state index in [1.165, 1.54) is 0 Å². The number of nitrogens with zero attached hydrogens (tertiary/aromatic N) is 1. The maximum atomic E-state index is 9.87. The van der Waals surface area contributed by atoms with Crippen molar-refractivity contribution in [1.29, 1.82) is 0 Å². The van der Waals surface area contributed by atoms with Crippen LogP contribution in [0.2, 0.25) is 0 Å². The van der Waals surface area contributed by atoms with Crippen LogP contribution in [-0.2, 0) is 4.74 Å². The quantitative estimate of drug-likeness (QED) is 0.605. The molecule has 13 heavy (non-hydrogen) atoms. The van der Waals surface area contributed by atoms with E-state index >= 15 is 0 Å². The lowest BCUT2D eigenvalue weighted by Crippen LogP contribution is -2.13. The van der Waals surface area contributed by atoms with Crippen LogP contribution in [0.1, 0.15) is 18.1 Å². The van der Waals surface area contributed by atoms with Crippen molar-refractivity contribution in [2.24, 2.45) is 5.92 Å². The predicted molar refractivity (Wildman–Crippen MR) is 46.9 cm³/mol. The van der Waals surface area contributed by atoms with Crippen LogP contribution in [0, 0.1) is 5.92 Å². The summed E-state index contributed by atoms with van der Waals surface area (Å²) in [5.74, 6) is 0.597. The zero-order chi connectivity index (χ0) is 9.26. The van der Waals surface area contributed by atoms with E-state index in [9.17, 15) is 5.11 Å². The van der Waals surface area contributed by atoms with Gasteiger partial charge in [-0.3, -0.25) is 5.10 Å². The number of rotatable bonds is 2. The molecule has 72 valence electrons. The summed E-state index contributed by atoms with van der Waals surface area (Å²) in [5, 5.41) is 16.2. The van der Waals surface area contributed by atoms with Crippen molar-refractivity contribution in [3.05, 3.63) is 11.8 Å². The van der Waals surface area contributed by atoms with Gasteiger partial charge in [0.2, 0.25) is 0 Å². The number of aliphatic hydroxyl groups is 1. The van der Waals surface area contributed by atoms with Crippen LogP contribution < -0.4 is 5.73 Å². The number of H-pyrrole nitrogens is 1. The molecule has 4 N–H and O–H groups in total. The van der Waals surface area contributed by atoms with Crippen molar-refractivity contribution in [3.8, 4) is 0 Å². The van der Waals surface area contributed by atoms with Crippen LogP contribution in [0.25, 0.3) is 0 Å². The molecule has 1 aliphatic rings. The first-order chi connectivity index (χ1) is 6.29. The van der Waals surface area contributed by atoms with Gasteiger partial charge in [0.1, 0.15) is 5.82 Å². The molecule has 0 aliphatic carbocycles. The average molecular weight is 183 g/mol. The van der Waals surface area contributed by atoms with E-state index in [2.05, 4.69) is 10.2 Å². The summed E-state index contributed by atoms with van der Waals surface area (Å²) in [6.07, 6.45) is 1.89. The molecule has 1 fully saturated rings. The summed E-state index contributed by atoms with van der Waals surface area (Å²) in [6, 6.07) is 0. The maximum Gasteiger partial charge on any atom is 0.124 e. The van der Waals surface area contributed by atoms with E-state index in [-0.39, 0.29) is 5.92 Å². The first-order valence-corrected chi connectivity index (χ1v) is 4.33. The maximum absolute atomic E-state index is 9.87. The number of anilines is 1. The highest BCUT2D eigenvalue weighted by atomic mass is 16.5. The van der Waals surface area contributed by atoms with E-state index < -0.39 is 6.10 Å². The smallest absolute Gasteiger partial charge is 0.124 e. The molecule has 0 spiro atoms. The Bertz CT molecular complexity index is 281. The van der Waals surface area contributed by atoms with Gasteiger partial charge in [0.25, 0.3) is 0 Å². The first kappa shape index (κ1) is 8.52. The summed E-state index contributed by atoms with van der Waals surface area (Å²) >= 11 is 0. The molecule has 2 rings (SSSR count). The number of aliphatic hydroxyl groups excluding tert-OH is 1. The minimum absolute atomic E-state index is 0.153. The van der Waals surface area contributed by atoms with Gasteiger partial charge < -0.3 is 15.6 Å². The molecule has 0 bridgehead atoms. The molecule has 0 saturated carbocycles. The molecule has 0 aromatic carbocycles. The molecule has 1 aliphatic heterocycles. The molecule has 2 heterocycles. The van der Waals surface area contributed by atoms with Crippen LogP contribution in [0.4, 0.5) is 5.82 Å². The Kier molecular flexibility index (Phi) is 2.20. The van der Waals surface area contributed by atoms with E-state index in [1.807, 2.05) is 0 Å². The normalized spacial score (nSPS) is 24.8. The highest BCUT2D eigenvalue weighted by Gasteiger charge is 2.27. The van der Waals surface area contributed by atoms with Gasteiger partial charge in [-0.05, 0) is 6.42 Å². The third-order valence-electron chi connectivity index (χ3n) is 2.43. The summed E-state index contributed by atoms with van der Waals surface area (Å²) < 4.78 is 5.18. The molecular formula is C8H13N3O2. The average Bonchev–Trinajstić information content (AvgIpc) is 2.72. The summed E-state index contributed by atoms with van der Waals surface area (Å²) in [4.78, 5) is 0. The number of aromatic nitrogens is 2. The van der Waals surface area contributed by atoms with Gasteiger partial charge in [0, 0.05) is 18.1 Å². The van der Waals surface area contributed by atoms with E-state index in [1.54, 1.807) is 6.20 Å². The Morgan fingerprint density at radius 1 is 1.77 bits per heavy atom. The summed E-state index contributed by atoms with van der Waals surface area (Å²) in [6.45, 7) is 1.32. The molecule has 5 nitrogen and oxygen atoms in total. The van der Waals surface area contributed by atoms with E-state index in [0.717, 1.165) is 13.0 Å². The Labute approximate surface area is 75.9 Å². The molecule has 1 aromatic heterocycles. The number of hydrogen-bond donors (Lipinski definition) is 3. The van der Waals surface area contributed by atoms with Gasteiger partial charge in [-0.2, -0.15) is 5.10 Å². The minimum atomic E-state index is -0.554. The van der Waals surface area contributed by atoms with Gasteiger partial charge in [-0.15, -0.1) is 0 Å². The standard InChI is InChI=1S/C8H13N3O2/c9-8-6(3-10-11-8)7(12)5-1-2-13-4-5/h3,5,7,12H,1-2,4H2,(H3,9,10,11). The second-order valence-electron chi connectivity index (χ2n) is 3.31. The lowest BCUT2D eigenvalue weighted by atomic mass is 9.97. The van der Waals surface area contributed by atoms with Crippen LogP contribution in [0.15, 0.2) is 6.20 Å². The predicted octanol–water partition coefficient (Wildman–Crippen LogP) is 0.0618. The summed E-state index contributed by atoms with van der Waals surface area (Å²) in [5.41, 5.74) is 6.27. The van der Waals surface area contributed by atoms with Crippen LogP contribution in [0.3, 0.4) is 0 Å². The molecule has 2 atom stereocenters. The Morgan fingerprint density at radius 2 is 2.62 bits per heavy atom. The van der Waals surface area contributed by atoms with Gasteiger partial charge in [0.05, 0.1) is 18.9 Å². The second kappa shape index (κ2) is 3.35. The van der Waals surface area contributed by atoms with Gasteiger partial charge >= 0.3 is 0 Å². The Morgan fingerprint density at radius 3 is 3.15 bits per heavy atom. The van der Waals surface area contributed by atoms with Crippen LogP contribution in [0.5, 0.6) is 0 Å². The lowest BCUT2D eigenvalue weighted by Gasteiger charge is -2.14. The number of nitrogens with one attached hydrogen (secondary N) is 1. The zero-order valence-electron chi connectivity index (χ0n) is 7.23. The summed E-state index contributed by atoms with van der Waals surface area (Å²) in [7, 11) is 0. The largest absolute Gasteiger partial charge is 0.388 e. The Balaban J connectivity index is 2.12. The number of hydrogen-bond acceptors (Lipinski definition) is 4. The molecule has 0 radical (unpaired) electrons. The fourth-order valence-corrected chi connectivity index (χ4v) is 1.60. The van der Waals surface area contributed by atoms with Crippen molar-refractivity contribution in [2.75, 3.05) is 18.9 Å². The third kappa shape index (κ3) is 1.52. The van der Waals surface area contributed by atoms with Gasteiger partial charge in [-0.25, -0.2) is 0 Å². The second-order valence-corrected chi connectivity index (χ2v) is 3.31. The number of nitrogen functional groups attached to an aromatic ring is 1. The number of ether oxygens (including phenoxy) is 1. The fraction of sp³-hybridized carbons (Fsp3) is 0.625. The van der Waals surface area contributed by atoms with Gasteiger partial charge in [-0.1, -0.05) is 0 Å². The zero-order valence-corrected chi connectivity index (χ0v) is 7.23. The van der Waals surface area contributed by atoms with Gasteiger partial charge in [0.15, 0.2) is 0 Å². The molecule has 5 heteroatoms.